The molecule has 0 radical (unpaired) electrons. The average molecular weight is 281 g/mol. The van der Waals surface area contributed by atoms with Gasteiger partial charge in [-0.1, -0.05) is 76.2 Å². The molecule has 0 amide bonds. The average Bonchev–Trinajstić information content (AvgIpc) is 2.46. The molecular weight excluding hydrogens is 254 g/mol. The van der Waals surface area contributed by atoms with Gasteiger partial charge in [0.25, 0.3) is 0 Å². The van der Waals surface area contributed by atoms with Crippen LogP contribution in [0.3, 0.4) is 0 Å². The zero-order valence-corrected chi connectivity index (χ0v) is 13.6. The van der Waals surface area contributed by atoms with Crippen molar-refractivity contribution in [3.8, 4) is 0 Å². The fourth-order valence-electron chi connectivity index (χ4n) is 2.67. The van der Waals surface area contributed by atoms with Gasteiger partial charge in [0.2, 0.25) is 0 Å². The van der Waals surface area contributed by atoms with Gasteiger partial charge in [0, 0.05) is 0 Å². The van der Waals surface area contributed by atoms with E-state index in [0.717, 1.165) is 6.42 Å². The van der Waals surface area contributed by atoms with Crippen LogP contribution >= 0.6 is 0 Å². The van der Waals surface area contributed by atoms with Crippen molar-refractivity contribution in [1.82, 2.24) is 0 Å². The third kappa shape index (κ3) is 4.18. The molecule has 0 aliphatic heterocycles. The molecule has 0 saturated carbocycles. The zero-order valence-electron chi connectivity index (χ0n) is 13.6. The van der Waals surface area contributed by atoms with E-state index in [9.17, 15) is 0 Å². The molecule has 2 N–H and O–H groups in total. The zero-order chi connectivity index (χ0) is 15.4. The highest BCUT2D eigenvalue weighted by molar-refractivity contribution is 5.35. The molecule has 0 saturated heterocycles. The van der Waals surface area contributed by atoms with Gasteiger partial charge in [0.1, 0.15) is 0 Å². The van der Waals surface area contributed by atoms with Crippen LogP contribution in [0.25, 0.3) is 0 Å². The summed E-state index contributed by atoms with van der Waals surface area (Å²) < 4.78 is 0. The summed E-state index contributed by atoms with van der Waals surface area (Å²) in [5.41, 5.74) is 11.6. The molecule has 0 aliphatic rings. The van der Waals surface area contributed by atoms with E-state index in [0.29, 0.717) is 11.8 Å². The van der Waals surface area contributed by atoms with Crippen molar-refractivity contribution in [2.75, 3.05) is 0 Å². The molecule has 112 valence electrons. The van der Waals surface area contributed by atoms with Gasteiger partial charge < -0.3 is 5.73 Å². The topological polar surface area (TPSA) is 26.0 Å². The van der Waals surface area contributed by atoms with Crippen molar-refractivity contribution >= 4 is 0 Å². The molecule has 1 unspecified atom stereocenters. The number of hydrogen-bond acceptors (Lipinski definition) is 1. The first-order chi connectivity index (χ1) is 9.97. The van der Waals surface area contributed by atoms with E-state index in [2.05, 4.69) is 76.2 Å². The molecule has 1 nitrogen and oxygen atoms in total. The Morgan fingerprint density at radius 3 is 2.00 bits per heavy atom. The maximum atomic E-state index is 6.44. The van der Waals surface area contributed by atoms with Gasteiger partial charge in [0.15, 0.2) is 0 Å². The first-order valence-corrected chi connectivity index (χ1v) is 7.91. The van der Waals surface area contributed by atoms with Crippen molar-refractivity contribution in [3.63, 3.8) is 0 Å². The second kappa shape index (κ2) is 6.91. The largest absolute Gasteiger partial charge is 0.320 e. The molecule has 2 rings (SSSR count). The Balaban J connectivity index is 2.20. The number of rotatable bonds is 5. The Morgan fingerprint density at radius 1 is 0.810 bits per heavy atom. The van der Waals surface area contributed by atoms with Crippen molar-refractivity contribution in [1.29, 1.82) is 0 Å². The predicted octanol–water partition coefficient (Wildman–Crippen LogP) is 5.06. The maximum absolute atomic E-state index is 6.44. The summed E-state index contributed by atoms with van der Waals surface area (Å²) in [6.07, 6.45) is 1.10. The quantitative estimate of drug-likeness (QED) is 0.814. The maximum Gasteiger partial charge on any atom is 0.0551 e. The minimum Gasteiger partial charge on any atom is -0.320 e. The SMILES string of the molecule is CC(C)Cc1cccc(C(N)c2ccc(C(C)C)cc2)c1. The molecule has 1 atom stereocenters. The molecule has 0 heterocycles. The lowest BCUT2D eigenvalue weighted by Crippen LogP contribution is -2.12. The van der Waals surface area contributed by atoms with E-state index >= 15 is 0 Å². The molecule has 0 aromatic heterocycles. The fraction of sp³-hybridized carbons (Fsp3) is 0.400. The van der Waals surface area contributed by atoms with Crippen LogP contribution in [0.5, 0.6) is 0 Å². The van der Waals surface area contributed by atoms with Crippen LogP contribution < -0.4 is 5.73 Å². The lowest BCUT2D eigenvalue weighted by molar-refractivity contribution is 0.646. The normalized spacial score (nSPS) is 12.9. The van der Waals surface area contributed by atoms with Gasteiger partial charge >= 0.3 is 0 Å². The van der Waals surface area contributed by atoms with E-state index in [1.165, 1.54) is 22.3 Å². The van der Waals surface area contributed by atoms with Crippen LogP contribution in [0.15, 0.2) is 48.5 Å². The molecule has 2 aromatic carbocycles. The van der Waals surface area contributed by atoms with E-state index < -0.39 is 0 Å². The summed E-state index contributed by atoms with van der Waals surface area (Å²) in [5, 5.41) is 0. The van der Waals surface area contributed by atoms with Gasteiger partial charge in [0.05, 0.1) is 6.04 Å². The minimum atomic E-state index is -0.0432. The van der Waals surface area contributed by atoms with Crippen LogP contribution in [-0.2, 0) is 6.42 Å². The first kappa shape index (κ1) is 15.8. The fourth-order valence-corrected chi connectivity index (χ4v) is 2.67. The molecule has 1 heteroatoms. The van der Waals surface area contributed by atoms with Crippen molar-refractivity contribution in [3.05, 3.63) is 70.8 Å². The first-order valence-electron chi connectivity index (χ1n) is 7.91. The smallest absolute Gasteiger partial charge is 0.0551 e. The number of benzene rings is 2. The molecule has 0 spiro atoms. The van der Waals surface area contributed by atoms with Crippen LogP contribution in [0.1, 0.15) is 61.9 Å². The second-order valence-electron chi connectivity index (χ2n) is 6.64. The second-order valence-corrected chi connectivity index (χ2v) is 6.64. The highest BCUT2D eigenvalue weighted by Gasteiger charge is 2.10. The molecule has 0 bridgehead atoms. The van der Waals surface area contributed by atoms with E-state index in [1.807, 2.05) is 0 Å². The lowest BCUT2D eigenvalue weighted by Gasteiger charge is -2.15. The predicted molar refractivity (Wildman–Crippen MR) is 91.5 cm³/mol. The lowest BCUT2D eigenvalue weighted by atomic mass is 9.93. The van der Waals surface area contributed by atoms with E-state index in [4.69, 9.17) is 5.73 Å². The Morgan fingerprint density at radius 2 is 1.43 bits per heavy atom. The molecule has 2 aromatic rings. The highest BCUT2D eigenvalue weighted by Crippen LogP contribution is 2.23. The van der Waals surface area contributed by atoms with Gasteiger partial charge in [-0.25, -0.2) is 0 Å². The monoisotopic (exact) mass is 281 g/mol. The minimum absolute atomic E-state index is 0.0432. The Hall–Kier alpha value is -1.60. The van der Waals surface area contributed by atoms with Gasteiger partial charge in [-0.15, -0.1) is 0 Å². The van der Waals surface area contributed by atoms with E-state index in [-0.39, 0.29) is 6.04 Å². The summed E-state index contributed by atoms with van der Waals surface area (Å²) >= 11 is 0. The molecule has 21 heavy (non-hydrogen) atoms. The number of nitrogens with two attached hydrogens (primary N) is 1. The standard InChI is InChI=1S/C20H27N/c1-14(2)12-16-6-5-7-19(13-16)20(21)18-10-8-17(9-11-18)15(3)4/h5-11,13-15,20H,12,21H2,1-4H3. The Labute approximate surface area is 129 Å². The third-order valence-corrected chi connectivity index (χ3v) is 3.92. The highest BCUT2D eigenvalue weighted by atomic mass is 14.6. The van der Waals surface area contributed by atoms with Crippen LogP contribution in [0, 0.1) is 5.92 Å². The van der Waals surface area contributed by atoms with Gasteiger partial charge in [-0.2, -0.15) is 0 Å². The molecular formula is C20H27N. The van der Waals surface area contributed by atoms with Gasteiger partial charge in [-0.05, 0) is 40.5 Å². The summed E-state index contributed by atoms with van der Waals surface area (Å²) in [6.45, 7) is 8.92. The molecule has 0 aliphatic carbocycles. The van der Waals surface area contributed by atoms with Crippen LogP contribution in [0.4, 0.5) is 0 Å². The molecule has 0 fully saturated rings. The van der Waals surface area contributed by atoms with Crippen molar-refractivity contribution < 1.29 is 0 Å². The van der Waals surface area contributed by atoms with Gasteiger partial charge in [-0.3, -0.25) is 0 Å². The Kier molecular flexibility index (Phi) is 5.19. The summed E-state index contributed by atoms with van der Waals surface area (Å²) in [6, 6.07) is 17.4. The summed E-state index contributed by atoms with van der Waals surface area (Å²) in [4.78, 5) is 0. The van der Waals surface area contributed by atoms with Crippen LogP contribution in [0.2, 0.25) is 0 Å². The third-order valence-electron chi connectivity index (χ3n) is 3.92. The Bertz CT molecular complexity index is 567. The van der Waals surface area contributed by atoms with Crippen molar-refractivity contribution in [2.45, 2.75) is 46.1 Å². The van der Waals surface area contributed by atoms with E-state index in [1.54, 1.807) is 0 Å². The number of hydrogen-bond donors (Lipinski definition) is 1. The van der Waals surface area contributed by atoms with Crippen LogP contribution in [-0.4, -0.2) is 0 Å². The summed E-state index contributed by atoms with van der Waals surface area (Å²) in [7, 11) is 0. The van der Waals surface area contributed by atoms with Crippen molar-refractivity contribution in [2.24, 2.45) is 11.7 Å². The summed E-state index contributed by atoms with van der Waals surface area (Å²) in [5.74, 6) is 1.23.